The molecule has 0 radical (unpaired) electrons. The fourth-order valence-electron chi connectivity index (χ4n) is 2.05. The molecular weight excluding hydrogens is 373 g/mol. The van der Waals surface area contributed by atoms with Crippen molar-refractivity contribution in [1.82, 2.24) is 5.32 Å². The van der Waals surface area contributed by atoms with Gasteiger partial charge in [-0.15, -0.1) is 0 Å². The van der Waals surface area contributed by atoms with Crippen LogP contribution in [0, 0.1) is 0 Å². The second kappa shape index (κ2) is 7.50. The first kappa shape index (κ1) is 16.6. The zero-order chi connectivity index (χ0) is 15.4. The van der Waals surface area contributed by atoms with Gasteiger partial charge in [0.2, 0.25) is 0 Å². The normalized spacial score (nSPS) is 12.2. The molecule has 0 saturated heterocycles. The highest BCUT2D eigenvalue weighted by Gasteiger charge is 2.14. The van der Waals surface area contributed by atoms with Crippen LogP contribution < -0.4 is 10.1 Å². The molecule has 0 amide bonds. The maximum atomic E-state index is 6.19. The van der Waals surface area contributed by atoms with Crippen molar-refractivity contribution in [3.8, 4) is 11.5 Å². The molecule has 1 N–H and O–H groups in total. The molecule has 0 aliphatic carbocycles. The number of nitrogens with one attached hydrogen (secondary N) is 1. The molecule has 0 aromatic heterocycles. The van der Waals surface area contributed by atoms with Gasteiger partial charge in [-0.25, -0.2) is 0 Å². The van der Waals surface area contributed by atoms with Crippen molar-refractivity contribution in [2.24, 2.45) is 0 Å². The molecule has 0 bridgehead atoms. The smallest absolute Gasteiger partial charge is 0.147 e. The molecule has 1 unspecified atom stereocenters. The molecule has 0 saturated carbocycles. The van der Waals surface area contributed by atoms with E-state index in [9.17, 15) is 0 Å². The van der Waals surface area contributed by atoms with Gasteiger partial charge < -0.3 is 10.1 Å². The van der Waals surface area contributed by atoms with Crippen molar-refractivity contribution in [3.05, 3.63) is 56.5 Å². The molecule has 0 fully saturated rings. The molecule has 112 valence electrons. The summed E-state index contributed by atoms with van der Waals surface area (Å²) in [5.74, 6) is 1.30. The second-order valence-electron chi connectivity index (χ2n) is 4.62. The number of rotatable bonds is 5. The lowest BCUT2D eigenvalue weighted by molar-refractivity contribution is 0.463. The zero-order valence-corrected chi connectivity index (χ0v) is 14.9. The Balaban J connectivity index is 2.38. The standard InChI is InChI=1S/C16H16BrCl2NO/c1-3-20-10(2)12-8-7-11(17)9-15(12)21-14-6-4-5-13(18)16(14)19/h4-10,20H,3H2,1-2H3. The van der Waals surface area contributed by atoms with Crippen LogP contribution >= 0.6 is 39.1 Å². The van der Waals surface area contributed by atoms with Crippen LogP contribution in [0.5, 0.6) is 11.5 Å². The average molecular weight is 389 g/mol. The highest BCUT2D eigenvalue weighted by Crippen LogP contribution is 2.38. The van der Waals surface area contributed by atoms with Crippen LogP contribution in [-0.4, -0.2) is 6.54 Å². The minimum Gasteiger partial charge on any atom is -0.455 e. The molecule has 0 aliphatic heterocycles. The molecular formula is C16H16BrCl2NO. The van der Waals surface area contributed by atoms with E-state index in [0.717, 1.165) is 22.3 Å². The maximum Gasteiger partial charge on any atom is 0.147 e. The molecule has 1 atom stereocenters. The van der Waals surface area contributed by atoms with Gasteiger partial charge in [-0.3, -0.25) is 0 Å². The van der Waals surface area contributed by atoms with Crippen LogP contribution in [0.3, 0.4) is 0 Å². The van der Waals surface area contributed by atoms with Gasteiger partial charge in [0.25, 0.3) is 0 Å². The van der Waals surface area contributed by atoms with Crippen molar-refractivity contribution in [2.75, 3.05) is 6.54 Å². The lowest BCUT2D eigenvalue weighted by atomic mass is 10.1. The predicted octanol–water partition coefficient (Wildman–Crippen LogP) is 6.22. The fourth-order valence-corrected chi connectivity index (χ4v) is 2.72. The number of halogens is 3. The lowest BCUT2D eigenvalue weighted by Crippen LogP contribution is -2.18. The van der Waals surface area contributed by atoms with Crippen molar-refractivity contribution in [3.63, 3.8) is 0 Å². The molecule has 21 heavy (non-hydrogen) atoms. The first-order valence-electron chi connectivity index (χ1n) is 6.67. The molecule has 2 nitrogen and oxygen atoms in total. The summed E-state index contributed by atoms with van der Waals surface area (Å²) < 4.78 is 6.93. The van der Waals surface area contributed by atoms with Gasteiger partial charge >= 0.3 is 0 Å². The SMILES string of the molecule is CCNC(C)c1ccc(Br)cc1Oc1cccc(Cl)c1Cl. The highest BCUT2D eigenvalue weighted by molar-refractivity contribution is 9.10. The summed E-state index contributed by atoms with van der Waals surface area (Å²) in [4.78, 5) is 0. The molecule has 0 heterocycles. The summed E-state index contributed by atoms with van der Waals surface area (Å²) in [5, 5.41) is 4.27. The van der Waals surface area contributed by atoms with Gasteiger partial charge in [0, 0.05) is 16.1 Å². The van der Waals surface area contributed by atoms with Crippen LogP contribution in [0.1, 0.15) is 25.5 Å². The Morgan fingerprint density at radius 3 is 2.67 bits per heavy atom. The summed E-state index contributed by atoms with van der Waals surface area (Å²) in [6.45, 7) is 5.05. The summed E-state index contributed by atoms with van der Waals surface area (Å²) in [7, 11) is 0. The number of hydrogen-bond donors (Lipinski definition) is 1. The summed E-state index contributed by atoms with van der Waals surface area (Å²) in [5.41, 5.74) is 1.07. The van der Waals surface area contributed by atoms with E-state index >= 15 is 0 Å². The Morgan fingerprint density at radius 1 is 1.19 bits per heavy atom. The predicted molar refractivity (Wildman–Crippen MR) is 92.8 cm³/mol. The summed E-state index contributed by atoms with van der Waals surface area (Å²) in [6, 6.07) is 11.5. The van der Waals surface area contributed by atoms with Crippen molar-refractivity contribution in [2.45, 2.75) is 19.9 Å². The van der Waals surface area contributed by atoms with E-state index in [1.165, 1.54) is 0 Å². The minimum atomic E-state index is 0.177. The Hall–Kier alpha value is -0.740. The van der Waals surface area contributed by atoms with Crippen molar-refractivity contribution < 1.29 is 4.74 Å². The van der Waals surface area contributed by atoms with Gasteiger partial charge in [0.15, 0.2) is 0 Å². The monoisotopic (exact) mass is 387 g/mol. The summed E-state index contributed by atoms with van der Waals surface area (Å²) >= 11 is 15.7. The van der Waals surface area contributed by atoms with E-state index in [1.807, 2.05) is 24.3 Å². The Kier molecular flexibility index (Phi) is 5.94. The molecule has 2 aromatic carbocycles. The van der Waals surface area contributed by atoms with Crippen molar-refractivity contribution in [1.29, 1.82) is 0 Å². The van der Waals surface area contributed by atoms with Gasteiger partial charge in [0.05, 0.1) is 5.02 Å². The lowest BCUT2D eigenvalue weighted by Gasteiger charge is -2.18. The third-order valence-corrected chi connectivity index (χ3v) is 4.38. The third kappa shape index (κ3) is 4.13. The fraction of sp³-hybridized carbons (Fsp3) is 0.250. The number of ether oxygens (including phenoxy) is 1. The Bertz CT molecular complexity index is 634. The zero-order valence-electron chi connectivity index (χ0n) is 11.8. The van der Waals surface area contributed by atoms with E-state index in [-0.39, 0.29) is 6.04 Å². The van der Waals surface area contributed by atoms with E-state index in [0.29, 0.717) is 15.8 Å². The molecule has 2 aromatic rings. The van der Waals surface area contributed by atoms with Crippen molar-refractivity contribution >= 4 is 39.1 Å². The minimum absolute atomic E-state index is 0.177. The van der Waals surface area contributed by atoms with Crippen LogP contribution in [0.25, 0.3) is 0 Å². The van der Waals surface area contributed by atoms with E-state index in [1.54, 1.807) is 12.1 Å². The quantitative estimate of drug-likeness (QED) is 0.656. The Morgan fingerprint density at radius 2 is 1.95 bits per heavy atom. The molecule has 0 aliphatic rings. The van der Waals surface area contributed by atoms with Crippen LogP contribution in [0.15, 0.2) is 40.9 Å². The highest BCUT2D eigenvalue weighted by atomic mass is 79.9. The third-order valence-electron chi connectivity index (χ3n) is 3.09. The first-order chi connectivity index (χ1) is 10.0. The maximum absolute atomic E-state index is 6.19. The first-order valence-corrected chi connectivity index (χ1v) is 8.22. The van der Waals surface area contributed by atoms with E-state index in [2.05, 4.69) is 35.1 Å². The van der Waals surface area contributed by atoms with Gasteiger partial charge in [0.1, 0.15) is 16.5 Å². The van der Waals surface area contributed by atoms with Gasteiger partial charge in [-0.1, -0.05) is 58.2 Å². The van der Waals surface area contributed by atoms with Gasteiger partial charge in [-0.05, 0) is 37.7 Å². The number of hydrogen-bond acceptors (Lipinski definition) is 2. The Labute approximate surface area is 143 Å². The number of benzene rings is 2. The molecule has 2 rings (SSSR count). The molecule has 0 spiro atoms. The second-order valence-corrected chi connectivity index (χ2v) is 6.32. The molecule has 5 heteroatoms. The van der Waals surface area contributed by atoms with Crippen LogP contribution in [0.2, 0.25) is 10.0 Å². The van der Waals surface area contributed by atoms with E-state index < -0.39 is 0 Å². The van der Waals surface area contributed by atoms with E-state index in [4.69, 9.17) is 27.9 Å². The van der Waals surface area contributed by atoms with Crippen LogP contribution in [0.4, 0.5) is 0 Å². The summed E-state index contributed by atoms with van der Waals surface area (Å²) in [6.07, 6.45) is 0. The van der Waals surface area contributed by atoms with Crippen LogP contribution in [-0.2, 0) is 0 Å². The topological polar surface area (TPSA) is 21.3 Å². The average Bonchev–Trinajstić information content (AvgIpc) is 2.44. The largest absolute Gasteiger partial charge is 0.455 e. The van der Waals surface area contributed by atoms with Gasteiger partial charge in [-0.2, -0.15) is 0 Å².